The third kappa shape index (κ3) is 17.3. The molecule has 0 saturated carbocycles. The zero-order valence-corrected chi connectivity index (χ0v) is 34.1. The second-order valence-electron chi connectivity index (χ2n) is 11.7. The van der Waals surface area contributed by atoms with Crippen LogP contribution in [0.2, 0.25) is 0 Å². The van der Waals surface area contributed by atoms with Crippen LogP contribution in [0.1, 0.15) is 81.3 Å². The number of nitrogens with zero attached hydrogens (tertiary/aromatic N) is 8. The number of hydrogen-bond acceptors (Lipinski definition) is 13. The molecule has 5 N–H and O–H groups in total. The highest BCUT2D eigenvalue weighted by molar-refractivity contribution is 14.1. The van der Waals surface area contributed by atoms with Crippen molar-refractivity contribution in [3.05, 3.63) is 44.3 Å². The van der Waals surface area contributed by atoms with Gasteiger partial charge in [0.05, 0.1) is 34.7 Å². The predicted molar refractivity (Wildman–Crippen MR) is 220 cm³/mol. The molecule has 1 saturated heterocycles. The van der Waals surface area contributed by atoms with Crippen molar-refractivity contribution in [2.24, 2.45) is 5.73 Å². The average Bonchev–Trinajstić information content (AvgIpc) is 3.83. The molecular weight excluding hydrogens is 902 g/mol. The summed E-state index contributed by atoms with van der Waals surface area (Å²) in [6.07, 6.45) is 9.88. The van der Waals surface area contributed by atoms with E-state index in [0.29, 0.717) is 30.8 Å². The first kappa shape index (κ1) is 48.6. The van der Waals surface area contributed by atoms with E-state index in [1.54, 1.807) is 26.1 Å². The molecule has 288 valence electrons. The van der Waals surface area contributed by atoms with Crippen molar-refractivity contribution in [2.45, 2.75) is 98.7 Å². The van der Waals surface area contributed by atoms with Crippen molar-refractivity contribution in [3.8, 4) is 22.5 Å². The van der Waals surface area contributed by atoms with Crippen molar-refractivity contribution in [1.82, 2.24) is 39.5 Å². The van der Waals surface area contributed by atoms with Gasteiger partial charge in [-0.2, -0.15) is 10.2 Å². The van der Waals surface area contributed by atoms with Gasteiger partial charge in [-0.3, -0.25) is 9.36 Å². The fourth-order valence-electron chi connectivity index (χ4n) is 3.62. The summed E-state index contributed by atoms with van der Waals surface area (Å²) in [6, 6.07) is 4.08. The maximum absolute atomic E-state index is 11.5. The Hall–Kier alpha value is -2.37. The highest BCUT2D eigenvalue weighted by Crippen LogP contribution is 2.25. The molecule has 1 fully saturated rings. The Kier molecular flexibility index (Phi) is 22.9. The second kappa shape index (κ2) is 24.0. The lowest BCUT2D eigenvalue weighted by atomic mass is 10.2. The Balaban J connectivity index is 0.000000749. The van der Waals surface area contributed by atoms with Crippen molar-refractivity contribution in [2.75, 3.05) is 37.9 Å². The second-order valence-corrected chi connectivity index (χ2v) is 15.7. The number of nitrogens with one attached hydrogen (secondary N) is 1. The first-order valence-electron chi connectivity index (χ1n) is 15.8. The molecule has 5 rings (SSSR count). The number of aromatic nitrogens is 8. The van der Waals surface area contributed by atoms with E-state index in [1.807, 2.05) is 41.7 Å². The fraction of sp³-hybridized carbons (Fsp3) is 0.576. The van der Waals surface area contributed by atoms with E-state index < -0.39 is 15.9 Å². The topological polar surface area (TPSA) is 209 Å². The van der Waals surface area contributed by atoms with E-state index in [1.165, 1.54) is 19.0 Å². The van der Waals surface area contributed by atoms with Crippen molar-refractivity contribution < 1.29 is 23.4 Å². The summed E-state index contributed by atoms with van der Waals surface area (Å²) in [5.41, 5.74) is 8.10. The molecule has 1 aliphatic heterocycles. The summed E-state index contributed by atoms with van der Waals surface area (Å²) < 4.78 is 33.3. The molecule has 1 aliphatic rings. The molecule has 2 atom stereocenters. The summed E-state index contributed by atoms with van der Waals surface area (Å²) in [5.74, 6) is 0.511. The molecular formula is C33H56I2N10O5S. The molecule has 18 heteroatoms. The molecule has 0 radical (unpaired) electrons. The predicted octanol–water partition coefficient (Wildman–Crippen LogP) is 5.64. The number of ether oxygens (including phenoxy) is 1. The quantitative estimate of drug-likeness (QED) is 0.118. The van der Waals surface area contributed by atoms with E-state index in [-0.39, 0.29) is 32.2 Å². The van der Waals surface area contributed by atoms with Crippen LogP contribution < -0.4 is 11.1 Å². The maximum Gasteiger partial charge on any atom is 0.247 e. The van der Waals surface area contributed by atoms with E-state index in [4.69, 9.17) is 15.6 Å². The highest BCUT2D eigenvalue weighted by atomic mass is 127. The zero-order chi connectivity index (χ0) is 36.7. The Morgan fingerprint density at radius 1 is 0.843 bits per heavy atom. The van der Waals surface area contributed by atoms with Crippen LogP contribution in [0.3, 0.4) is 0 Å². The molecule has 51 heavy (non-hydrogen) atoms. The summed E-state index contributed by atoms with van der Waals surface area (Å²) in [7, 11) is -3.41. The van der Waals surface area contributed by atoms with Gasteiger partial charge in [0.25, 0.3) is 0 Å². The molecule has 0 amide bonds. The third-order valence-electron chi connectivity index (χ3n) is 6.33. The van der Waals surface area contributed by atoms with Gasteiger partial charge in [-0.1, -0.05) is 14.9 Å². The maximum atomic E-state index is 11.5. The zero-order valence-electron chi connectivity index (χ0n) is 29.0. The number of anilines is 1. The molecule has 0 spiro atoms. The van der Waals surface area contributed by atoms with Crippen LogP contribution in [-0.2, 0) is 14.6 Å². The number of halogens is 2. The summed E-state index contributed by atoms with van der Waals surface area (Å²) in [4.78, 5) is 16.5. The smallest absolute Gasteiger partial charge is 0.247 e. The fourth-order valence-corrected chi connectivity index (χ4v) is 5.47. The monoisotopic (exact) mass is 958 g/mol. The third-order valence-corrected chi connectivity index (χ3v) is 8.78. The summed E-state index contributed by atoms with van der Waals surface area (Å²) in [6.45, 7) is 14.4. The van der Waals surface area contributed by atoms with Crippen molar-refractivity contribution >= 4 is 61.0 Å². The Morgan fingerprint density at radius 3 is 1.65 bits per heavy atom. The lowest BCUT2D eigenvalue weighted by Gasteiger charge is -2.07. The Morgan fingerprint density at radius 2 is 1.29 bits per heavy atom. The molecule has 0 aliphatic carbocycles. The standard InChI is InChI=1S/C13H18IN5O.C11H13IN4O2S.C4H8O.C3H9NO.2CH4/c1-8(2)19-7-10(12(14)18-19)11-4-5-15-13(17-11)16-6-9(3)20;1-7(2)16-6-8(10(12)15-16)9-4-5-13-11(14-9)19(3,17)18;1-2-4-5-3-1;1-3(5)2-4;;/h4-5,7-9,20H,6H2,1-3H3,(H,15,16,17);4-7H,1-3H3;1-4H2;3,5H,2,4H2,1H3;2*1H4/t9-;;;3-;;/m0..0../s1. The number of aliphatic hydroxyl groups is 2. The first-order chi connectivity index (χ1) is 23.0. The van der Waals surface area contributed by atoms with Gasteiger partial charge in [0, 0.05) is 69.4 Å². The van der Waals surface area contributed by atoms with Crippen LogP contribution >= 0.6 is 45.2 Å². The minimum Gasteiger partial charge on any atom is -0.392 e. The van der Waals surface area contributed by atoms with Crippen LogP contribution in [0.4, 0.5) is 5.95 Å². The molecule has 0 aromatic carbocycles. The van der Waals surface area contributed by atoms with Gasteiger partial charge >= 0.3 is 0 Å². The van der Waals surface area contributed by atoms with Gasteiger partial charge in [0.15, 0.2) is 0 Å². The van der Waals surface area contributed by atoms with Crippen LogP contribution in [0, 0.1) is 7.40 Å². The van der Waals surface area contributed by atoms with E-state index in [9.17, 15) is 13.5 Å². The minimum absolute atomic E-state index is 0. The lowest BCUT2D eigenvalue weighted by Crippen LogP contribution is -2.16. The van der Waals surface area contributed by atoms with Crippen LogP contribution in [0.25, 0.3) is 22.5 Å². The molecule has 15 nitrogen and oxygen atoms in total. The lowest BCUT2D eigenvalue weighted by molar-refractivity contribution is 0.198. The molecule has 5 heterocycles. The van der Waals surface area contributed by atoms with Crippen LogP contribution in [0.15, 0.2) is 42.1 Å². The van der Waals surface area contributed by atoms with Crippen molar-refractivity contribution in [1.29, 1.82) is 0 Å². The molecule has 4 aromatic heterocycles. The number of nitrogens with two attached hydrogens (primary N) is 1. The molecule has 0 bridgehead atoms. The first-order valence-corrected chi connectivity index (χ1v) is 19.8. The highest BCUT2D eigenvalue weighted by Gasteiger charge is 2.16. The largest absolute Gasteiger partial charge is 0.392 e. The number of rotatable bonds is 9. The summed E-state index contributed by atoms with van der Waals surface area (Å²) >= 11 is 4.32. The van der Waals surface area contributed by atoms with E-state index >= 15 is 0 Å². The van der Waals surface area contributed by atoms with Gasteiger partial charge < -0.3 is 26.0 Å². The van der Waals surface area contributed by atoms with Crippen LogP contribution in [-0.4, -0.2) is 103 Å². The number of aliphatic hydroxyl groups excluding tert-OH is 2. The summed E-state index contributed by atoms with van der Waals surface area (Å²) in [5, 5.41) is 29.2. The molecule has 0 unspecified atom stereocenters. The number of hydrogen-bond donors (Lipinski definition) is 4. The van der Waals surface area contributed by atoms with Crippen molar-refractivity contribution in [3.63, 3.8) is 0 Å². The Bertz CT molecular complexity index is 1670. The van der Waals surface area contributed by atoms with E-state index in [0.717, 1.165) is 43.7 Å². The SMILES string of the molecule is C.C.C1CCOC1.CC(C)n1cc(-c2ccnc(NC[C@H](C)O)n2)c(I)n1.CC(C)n1cc(-c2ccnc(S(C)(=O)=O)n2)c(I)n1.C[C@H](O)CN. The Labute approximate surface area is 330 Å². The minimum atomic E-state index is -3.41. The van der Waals surface area contributed by atoms with E-state index in [2.05, 4.69) is 94.5 Å². The van der Waals surface area contributed by atoms with Gasteiger partial charge in [-0.05, 0) is 112 Å². The van der Waals surface area contributed by atoms with Gasteiger partial charge in [-0.25, -0.2) is 28.4 Å². The number of sulfone groups is 1. The van der Waals surface area contributed by atoms with Gasteiger partial charge in [-0.15, -0.1) is 0 Å². The van der Waals surface area contributed by atoms with Crippen LogP contribution in [0.5, 0.6) is 0 Å². The normalized spacial score (nSPS) is 13.3. The molecule has 4 aromatic rings. The van der Waals surface area contributed by atoms with Gasteiger partial charge in [0.1, 0.15) is 7.40 Å². The van der Waals surface area contributed by atoms with Gasteiger partial charge in [0.2, 0.25) is 20.9 Å². The average molecular weight is 959 g/mol.